The summed E-state index contributed by atoms with van der Waals surface area (Å²) in [5.41, 5.74) is 2.52. The average molecular weight is 217 g/mol. The molecule has 0 aromatic carbocycles. The molecule has 0 atom stereocenters. The summed E-state index contributed by atoms with van der Waals surface area (Å²) in [5, 5.41) is 1.94. The van der Waals surface area contributed by atoms with Crippen LogP contribution in [-0.4, -0.2) is 10.8 Å². The maximum absolute atomic E-state index is 12.1. The topological polar surface area (TPSA) is 30.0 Å². The number of carbonyl (C=O) groups excluding carboxylic acids is 1. The molecule has 0 fully saturated rings. The number of thiophene rings is 1. The van der Waals surface area contributed by atoms with Crippen molar-refractivity contribution in [1.29, 1.82) is 0 Å². The summed E-state index contributed by atoms with van der Waals surface area (Å²) in [6, 6.07) is 5.58. The minimum absolute atomic E-state index is 0.0769. The van der Waals surface area contributed by atoms with Crippen LogP contribution in [0.3, 0.4) is 0 Å². The maximum atomic E-state index is 12.1. The molecule has 2 nitrogen and oxygen atoms in total. The first kappa shape index (κ1) is 10.1. The number of hydrogen-bond acceptors (Lipinski definition) is 3. The van der Waals surface area contributed by atoms with Crippen LogP contribution in [0.2, 0.25) is 0 Å². The van der Waals surface area contributed by atoms with Crippen molar-refractivity contribution in [3.63, 3.8) is 0 Å². The van der Waals surface area contributed by atoms with Gasteiger partial charge < -0.3 is 0 Å². The summed E-state index contributed by atoms with van der Waals surface area (Å²) in [7, 11) is 0. The molecule has 76 valence electrons. The van der Waals surface area contributed by atoms with Crippen LogP contribution in [0.1, 0.15) is 26.5 Å². The largest absolute Gasteiger partial charge is 0.288 e. The van der Waals surface area contributed by atoms with Crippen LogP contribution in [0.15, 0.2) is 29.8 Å². The second-order valence-corrected chi connectivity index (χ2v) is 4.31. The van der Waals surface area contributed by atoms with Gasteiger partial charge in [0.25, 0.3) is 0 Å². The lowest BCUT2D eigenvalue weighted by Gasteiger charge is -2.02. The molecule has 0 saturated carbocycles. The predicted molar refractivity (Wildman–Crippen MR) is 61.5 cm³/mol. The van der Waals surface area contributed by atoms with Crippen molar-refractivity contribution in [3.05, 3.63) is 51.5 Å². The van der Waals surface area contributed by atoms with Gasteiger partial charge in [-0.05, 0) is 43.0 Å². The zero-order valence-electron chi connectivity index (χ0n) is 8.65. The van der Waals surface area contributed by atoms with E-state index in [9.17, 15) is 4.79 Å². The van der Waals surface area contributed by atoms with Gasteiger partial charge in [0.2, 0.25) is 5.78 Å². The second-order valence-electron chi connectivity index (χ2n) is 3.40. The molecule has 0 bridgehead atoms. The zero-order valence-corrected chi connectivity index (χ0v) is 9.47. The van der Waals surface area contributed by atoms with E-state index in [-0.39, 0.29) is 5.78 Å². The van der Waals surface area contributed by atoms with Gasteiger partial charge in [0.15, 0.2) is 0 Å². The number of ketones is 1. The molecule has 2 aromatic heterocycles. The molecule has 3 heteroatoms. The van der Waals surface area contributed by atoms with Gasteiger partial charge in [-0.15, -0.1) is 11.3 Å². The lowest BCUT2D eigenvalue weighted by molar-refractivity contribution is 0.104. The smallest absolute Gasteiger partial charge is 0.205 e. The fraction of sp³-hybridized carbons (Fsp3) is 0.167. The molecule has 2 heterocycles. The first-order valence-electron chi connectivity index (χ1n) is 4.70. The standard InChI is InChI=1S/C12H11NOS/c1-8-5-7-15-12(8)11(14)10-4-3-6-13-9(10)2/h3-7H,1-2H3. The van der Waals surface area contributed by atoms with E-state index in [0.717, 1.165) is 16.1 Å². The summed E-state index contributed by atoms with van der Waals surface area (Å²) >= 11 is 1.48. The molecule has 0 aliphatic rings. The van der Waals surface area contributed by atoms with Crippen LogP contribution in [0.5, 0.6) is 0 Å². The molecule has 0 amide bonds. The number of hydrogen-bond donors (Lipinski definition) is 0. The maximum Gasteiger partial charge on any atom is 0.205 e. The Morgan fingerprint density at radius 2 is 2.13 bits per heavy atom. The highest BCUT2D eigenvalue weighted by molar-refractivity contribution is 7.12. The molecule has 0 spiro atoms. The average Bonchev–Trinajstić information content (AvgIpc) is 2.64. The first-order valence-corrected chi connectivity index (χ1v) is 5.58. The number of rotatable bonds is 2. The Labute approximate surface area is 92.6 Å². The van der Waals surface area contributed by atoms with Crippen LogP contribution >= 0.6 is 11.3 Å². The van der Waals surface area contributed by atoms with E-state index in [0.29, 0.717) is 5.56 Å². The third-order valence-electron chi connectivity index (χ3n) is 2.32. The Balaban J connectivity index is 2.46. The van der Waals surface area contributed by atoms with Crippen LogP contribution in [0.4, 0.5) is 0 Å². The van der Waals surface area contributed by atoms with Gasteiger partial charge >= 0.3 is 0 Å². The van der Waals surface area contributed by atoms with Gasteiger partial charge in [0.05, 0.1) is 4.88 Å². The summed E-state index contributed by atoms with van der Waals surface area (Å²) < 4.78 is 0. The van der Waals surface area contributed by atoms with Crippen molar-refractivity contribution in [3.8, 4) is 0 Å². The summed E-state index contributed by atoms with van der Waals surface area (Å²) in [5.74, 6) is 0.0769. The van der Waals surface area contributed by atoms with E-state index >= 15 is 0 Å². The molecule has 15 heavy (non-hydrogen) atoms. The van der Waals surface area contributed by atoms with E-state index in [2.05, 4.69) is 4.98 Å². The normalized spacial score (nSPS) is 10.3. The Bertz CT molecular complexity index is 502. The second kappa shape index (κ2) is 3.95. The number of aromatic nitrogens is 1. The Morgan fingerprint density at radius 1 is 1.33 bits per heavy atom. The number of pyridine rings is 1. The lowest BCUT2D eigenvalue weighted by Crippen LogP contribution is -2.03. The Morgan fingerprint density at radius 3 is 2.73 bits per heavy atom. The highest BCUT2D eigenvalue weighted by Gasteiger charge is 2.14. The Kier molecular flexibility index (Phi) is 2.64. The zero-order chi connectivity index (χ0) is 10.8. The molecule has 2 rings (SSSR count). The van der Waals surface area contributed by atoms with Crippen molar-refractivity contribution in [1.82, 2.24) is 4.98 Å². The monoisotopic (exact) mass is 217 g/mol. The van der Waals surface area contributed by atoms with E-state index in [1.54, 1.807) is 12.3 Å². The fourth-order valence-corrected chi connectivity index (χ4v) is 2.33. The Hall–Kier alpha value is -1.48. The highest BCUT2D eigenvalue weighted by atomic mass is 32.1. The minimum atomic E-state index is 0.0769. The van der Waals surface area contributed by atoms with Crippen LogP contribution in [0, 0.1) is 13.8 Å². The van der Waals surface area contributed by atoms with E-state index in [1.165, 1.54) is 11.3 Å². The number of aryl methyl sites for hydroxylation is 2. The van der Waals surface area contributed by atoms with Gasteiger partial charge in [-0.25, -0.2) is 0 Å². The highest BCUT2D eigenvalue weighted by Crippen LogP contribution is 2.20. The van der Waals surface area contributed by atoms with Gasteiger partial charge in [0.1, 0.15) is 0 Å². The summed E-state index contributed by atoms with van der Waals surface area (Å²) in [6.07, 6.45) is 1.70. The van der Waals surface area contributed by atoms with Crippen LogP contribution < -0.4 is 0 Å². The van der Waals surface area contributed by atoms with Gasteiger partial charge in [-0.3, -0.25) is 9.78 Å². The lowest BCUT2D eigenvalue weighted by atomic mass is 10.1. The summed E-state index contributed by atoms with van der Waals surface area (Å²) in [4.78, 5) is 17.1. The molecule has 0 aliphatic heterocycles. The first-order chi connectivity index (χ1) is 7.20. The minimum Gasteiger partial charge on any atom is -0.288 e. The fourth-order valence-electron chi connectivity index (χ4n) is 1.45. The number of carbonyl (C=O) groups is 1. The predicted octanol–water partition coefficient (Wildman–Crippen LogP) is 2.99. The third-order valence-corrected chi connectivity index (χ3v) is 3.34. The molecule has 0 N–H and O–H groups in total. The van der Waals surface area contributed by atoms with E-state index < -0.39 is 0 Å². The van der Waals surface area contributed by atoms with Crippen molar-refractivity contribution in [2.24, 2.45) is 0 Å². The molecule has 2 aromatic rings. The van der Waals surface area contributed by atoms with Crippen LogP contribution in [0.25, 0.3) is 0 Å². The van der Waals surface area contributed by atoms with Gasteiger partial charge in [-0.2, -0.15) is 0 Å². The quantitative estimate of drug-likeness (QED) is 0.724. The molecule has 0 aliphatic carbocycles. The molecule has 0 saturated heterocycles. The third kappa shape index (κ3) is 1.83. The van der Waals surface area contributed by atoms with Crippen molar-refractivity contribution in [2.75, 3.05) is 0 Å². The SMILES string of the molecule is Cc1ccsc1C(=O)c1cccnc1C. The van der Waals surface area contributed by atoms with Crippen molar-refractivity contribution < 1.29 is 4.79 Å². The van der Waals surface area contributed by atoms with Crippen LogP contribution in [-0.2, 0) is 0 Å². The molecule has 0 radical (unpaired) electrons. The van der Waals surface area contributed by atoms with Gasteiger partial charge in [0, 0.05) is 17.5 Å². The summed E-state index contributed by atoms with van der Waals surface area (Å²) in [6.45, 7) is 3.81. The van der Waals surface area contributed by atoms with E-state index in [1.807, 2.05) is 31.4 Å². The van der Waals surface area contributed by atoms with Gasteiger partial charge in [-0.1, -0.05) is 0 Å². The van der Waals surface area contributed by atoms with Crippen molar-refractivity contribution >= 4 is 17.1 Å². The molecular formula is C12H11NOS. The van der Waals surface area contributed by atoms with E-state index in [4.69, 9.17) is 0 Å². The van der Waals surface area contributed by atoms with Crippen molar-refractivity contribution in [2.45, 2.75) is 13.8 Å². The molecular weight excluding hydrogens is 206 g/mol. The number of nitrogens with zero attached hydrogens (tertiary/aromatic N) is 1. The molecule has 0 unspecified atom stereocenters.